The fraction of sp³-hybridized carbons (Fsp3) is 0.258. The van der Waals surface area contributed by atoms with Crippen molar-refractivity contribution in [1.29, 1.82) is 0 Å². The summed E-state index contributed by atoms with van der Waals surface area (Å²) in [5.74, 6) is -5.45. The van der Waals surface area contributed by atoms with E-state index in [9.17, 15) is 38.4 Å². The van der Waals surface area contributed by atoms with Crippen LogP contribution in [0, 0.1) is 0 Å². The lowest BCUT2D eigenvalue weighted by Gasteiger charge is -2.25. The molecule has 4 aromatic heterocycles. The molecule has 18 heteroatoms. The number of rotatable bonds is 18. The summed E-state index contributed by atoms with van der Waals surface area (Å²) in [6.45, 7) is 1.11. The zero-order chi connectivity index (χ0) is 55.6. The van der Waals surface area contributed by atoms with E-state index in [0.29, 0.717) is 49.5 Å². The molecule has 80 heavy (non-hydrogen) atoms. The molecule has 2 saturated heterocycles. The van der Waals surface area contributed by atoms with Gasteiger partial charge in [0.2, 0.25) is 11.8 Å². The Morgan fingerprint density at radius 3 is 1.29 bits per heavy atom. The van der Waals surface area contributed by atoms with Gasteiger partial charge in [-0.05, 0) is 72.2 Å². The fourth-order valence-corrected chi connectivity index (χ4v) is 11.6. The Balaban J connectivity index is 0.753. The van der Waals surface area contributed by atoms with Crippen LogP contribution in [0.4, 0.5) is 0 Å². The third-order valence-electron chi connectivity index (χ3n) is 15.6. The largest absolute Gasteiger partial charge is 0.467 e. The van der Waals surface area contributed by atoms with Gasteiger partial charge in [0.15, 0.2) is 0 Å². The molecule has 0 saturated carbocycles. The lowest BCUT2D eigenvalue weighted by Crippen LogP contribution is -2.52. The van der Waals surface area contributed by atoms with E-state index in [1.807, 2.05) is 106 Å². The van der Waals surface area contributed by atoms with Crippen molar-refractivity contribution in [2.75, 3.05) is 27.3 Å². The van der Waals surface area contributed by atoms with E-state index in [1.165, 1.54) is 24.0 Å². The van der Waals surface area contributed by atoms with Gasteiger partial charge in [0.1, 0.15) is 24.2 Å². The number of ketones is 2. The summed E-state index contributed by atoms with van der Waals surface area (Å²) < 4.78 is 13.9. The van der Waals surface area contributed by atoms with Crippen molar-refractivity contribution < 1.29 is 47.8 Å². The van der Waals surface area contributed by atoms with Gasteiger partial charge in [-0.2, -0.15) is 0 Å². The molecule has 406 valence electrons. The Labute approximate surface area is 459 Å². The van der Waals surface area contributed by atoms with E-state index >= 15 is 0 Å². The number of nitrogens with zero attached hydrogens (tertiary/aromatic N) is 4. The molecule has 2 aliphatic heterocycles. The fourth-order valence-electron chi connectivity index (χ4n) is 11.6. The summed E-state index contributed by atoms with van der Waals surface area (Å²) in [5.41, 5.74) is 7.09. The number of carbonyl (C=O) groups excluding carboxylic acids is 8. The van der Waals surface area contributed by atoms with Crippen LogP contribution in [-0.4, -0.2) is 128 Å². The minimum absolute atomic E-state index is 0.157. The number of benzene rings is 5. The first-order valence-electron chi connectivity index (χ1n) is 26.7. The zero-order valence-corrected chi connectivity index (χ0v) is 44.1. The first-order chi connectivity index (χ1) is 38.9. The van der Waals surface area contributed by atoms with Crippen LogP contribution in [0.3, 0.4) is 0 Å². The number of Topliss-reactive ketones (excluding diaryl/α,β-unsaturated/α-hetero) is 2. The lowest BCUT2D eigenvalue weighted by molar-refractivity contribution is -0.146. The minimum atomic E-state index is -1.03. The molecule has 5 aromatic carbocycles. The average Bonchev–Trinajstić information content (AvgIpc) is 4.40. The lowest BCUT2D eigenvalue weighted by atomic mass is 10.0. The predicted octanol–water partition coefficient (Wildman–Crippen LogP) is 6.80. The molecule has 2 aliphatic rings. The maximum absolute atomic E-state index is 14.2. The number of amides is 4. The third-order valence-corrected chi connectivity index (χ3v) is 15.6. The van der Waals surface area contributed by atoms with Gasteiger partial charge in [-0.15, -0.1) is 0 Å². The maximum atomic E-state index is 14.2. The maximum Gasteiger partial charge on any atom is 0.328 e. The molecule has 0 bridgehead atoms. The van der Waals surface area contributed by atoms with Gasteiger partial charge in [0.25, 0.3) is 23.4 Å². The second-order valence-corrected chi connectivity index (χ2v) is 20.5. The Bertz CT molecular complexity index is 3650. The van der Waals surface area contributed by atoms with Gasteiger partial charge in [0.05, 0.1) is 25.3 Å². The summed E-state index contributed by atoms with van der Waals surface area (Å²) in [6.07, 6.45) is 8.88. The molecule has 4 N–H and O–H groups in total. The van der Waals surface area contributed by atoms with E-state index in [4.69, 9.17) is 9.47 Å². The monoisotopic (exact) mass is 1070 g/mol. The summed E-state index contributed by atoms with van der Waals surface area (Å²) in [7, 11) is 2.51. The Morgan fingerprint density at radius 1 is 0.512 bits per heavy atom. The van der Waals surface area contributed by atoms with Crippen LogP contribution in [0.1, 0.15) is 68.7 Å². The van der Waals surface area contributed by atoms with Crippen molar-refractivity contribution in [3.8, 4) is 0 Å². The van der Waals surface area contributed by atoms with E-state index in [0.717, 1.165) is 55.1 Å². The SMILES string of the molecule is COC(=O)[C@H](Cc1c[nH]c2ccccc12)NC(=O)C1CCCN1C(=O)C(=O)c1cn(Cc2ccc(Cn3cc(C(=O)C(=O)N4CCC[C@H]4C(=O)N[C@@H](Cc4c[nH]c5ccccc45)C(=O)OC)c4ccccc43)cc2)c2ccccc12. The van der Waals surface area contributed by atoms with Gasteiger partial charge in [-0.3, -0.25) is 28.8 Å². The van der Waals surface area contributed by atoms with Crippen LogP contribution in [0.2, 0.25) is 0 Å². The molecule has 2 fully saturated rings. The molecule has 0 spiro atoms. The van der Waals surface area contributed by atoms with Crippen LogP contribution in [-0.2, 0) is 64.2 Å². The van der Waals surface area contributed by atoms with E-state index in [1.54, 1.807) is 49.1 Å². The average molecular weight is 1080 g/mol. The van der Waals surface area contributed by atoms with Crippen molar-refractivity contribution in [3.05, 3.63) is 179 Å². The van der Waals surface area contributed by atoms with Crippen molar-refractivity contribution in [2.24, 2.45) is 0 Å². The first-order valence-corrected chi connectivity index (χ1v) is 26.7. The molecule has 4 amide bonds. The van der Waals surface area contributed by atoms with Crippen LogP contribution in [0.25, 0.3) is 43.6 Å². The van der Waals surface area contributed by atoms with Crippen molar-refractivity contribution >= 4 is 90.7 Å². The number of aromatic amines is 2. The zero-order valence-electron chi connectivity index (χ0n) is 44.1. The molecule has 9 aromatic rings. The highest BCUT2D eigenvalue weighted by Gasteiger charge is 2.41. The van der Waals surface area contributed by atoms with Gasteiger partial charge >= 0.3 is 11.9 Å². The number of hydrogen-bond donors (Lipinski definition) is 4. The standard InChI is InChI=1S/C62H58N8O10/c1-79-61(77)49(29-39-31-63-47-17-7-3-13-41(39)47)65-57(73)53-21-11-27-69(53)59(75)55(71)45-35-67(51-19-9-5-15-43(45)51)33-37-23-25-38(26-24-37)34-68-36-46(44-16-6-10-20-52(44)68)56(72)60(76)70-28-12-22-54(70)58(74)66-50(62(78)80-2)30-40-32-64-48-18-8-4-14-42(40)48/h3-10,13-20,23-26,31-32,35-36,49-50,53-54,63-64H,11-12,21-22,27-30,33-34H2,1-2H3,(H,65,73)(H,66,74)/t49-,50-,53-,54?/m0/s1. The van der Waals surface area contributed by atoms with Crippen LogP contribution in [0.5, 0.6) is 0 Å². The second kappa shape index (κ2) is 22.4. The highest BCUT2D eigenvalue weighted by molar-refractivity contribution is 6.46. The van der Waals surface area contributed by atoms with Crippen molar-refractivity contribution in [1.82, 2.24) is 39.5 Å². The third kappa shape index (κ3) is 10.2. The molecule has 4 atom stereocenters. The topological polar surface area (TPSA) is 227 Å². The number of carbonyl (C=O) groups is 8. The molecule has 18 nitrogen and oxygen atoms in total. The van der Waals surface area contributed by atoms with Crippen LogP contribution in [0.15, 0.2) is 146 Å². The highest BCUT2D eigenvalue weighted by atomic mass is 16.5. The molecule has 11 rings (SSSR count). The van der Waals surface area contributed by atoms with E-state index in [-0.39, 0.29) is 37.1 Å². The van der Waals surface area contributed by atoms with Gasteiger partial charge in [0, 0.05) is 107 Å². The molecule has 6 heterocycles. The van der Waals surface area contributed by atoms with Crippen molar-refractivity contribution in [2.45, 2.75) is 75.8 Å². The number of ether oxygens (including phenoxy) is 2. The van der Waals surface area contributed by atoms with Gasteiger partial charge in [-0.25, -0.2) is 9.59 Å². The number of hydrogen-bond acceptors (Lipinski definition) is 10. The van der Waals surface area contributed by atoms with Crippen LogP contribution < -0.4 is 10.6 Å². The highest BCUT2D eigenvalue weighted by Crippen LogP contribution is 2.29. The van der Waals surface area contributed by atoms with Crippen LogP contribution >= 0.6 is 0 Å². The van der Waals surface area contributed by atoms with E-state index < -0.39 is 71.3 Å². The molecule has 1 unspecified atom stereocenters. The van der Waals surface area contributed by atoms with Crippen molar-refractivity contribution in [3.63, 3.8) is 0 Å². The number of methoxy groups -OCH3 is 2. The Kier molecular flexibility index (Phi) is 14.7. The summed E-state index contributed by atoms with van der Waals surface area (Å²) >= 11 is 0. The normalized spacial score (nSPS) is 16.0. The quantitative estimate of drug-likeness (QED) is 0.0399. The molecular formula is C62H58N8O10. The number of likely N-dealkylation sites (tertiary alicyclic amines) is 2. The summed E-state index contributed by atoms with van der Waals surface area (Å²) in [4.78, 5) is 119. The molecular weight excluding hydrogens is 1020 g/mol. The molecule has 0 radical (unpaired) electrons. The number of H-pyrrole nitrogens is 2. The summed E-state index contributed by atoms with van der Waals surface area (Å²) in [6, 6.07) is 33.8. The Morgan fingerprint density at radius 2 is 0.887 bits per heavy atom. The van der Waals surface area contributed by atoms with Gasteiger partial charge in [-0.1, -0.05) is 97.1 Å². The number of para-hydroxylation sites is 4. The van der Waals surface area contributed by atoms with Gasteiger partial charge < -0.3 is 49.0 Å². The number of nitrogens with one attached hydrogen (secondary N) is 4. The number of fused-ring (bicyclic) bond motifs is 4. The summed E-state index contributed by atoms with van der Waals surface area (Å²) in [5, 5.41) is 8.62. The minimum Gasteiger partial charge on any atom is -0.467 e. The molecule has 0 aliphatic carbocycles. The first kappa shape index (κ1) is 52.5. The van der Waals surface area contributed by atoms with E-state index in [2.05, 4.69) is 20.6 Å². The second-order valence-electron chi connectivity index (χ2n) is 20.5. The number of aromatic nitrogens is 4. The number of esters is 2. The smallest absolute Gasteiger partial charge is 0.328 e. The Hall–Kier alpha value is -9.58. The predicted molar refractivity (Wildman–Crippen MR) is 299 cm³/mol.